The molecule has 1 aromatic carbocycles. The summed E-state index contributed by atoms with van der Waals surface area (Å²) in [6.45, 7) is 1.16. The molecule has 4 nitrogen and oxygen atoms in total. The highest BCUT2D eigenvalue weighted by Gasteiger charge is 2.06. The van der Waals surface area contributed by atoms with Crippen LogP contribution in [0.1, 0.15) is 16.7 Å². The van der Waals surface area contributed by atoms with Crippen LogP contribution in [0.25, 0.3) is 0 Å². The van der Waals surface area contributed by atoms with Gasteiger partial charge in [-0.25, -0.2) is 4.39 Å². The first kappa shape index (κ1) is 13.2. The normalized spacial score (nSPS) is 10.4. The Morgan fingerprint density at radius 2 is 2.32 bits per heavy atom. The summed E-state index contributed by atoms with van der Waals surface area (Å²) >= 11 is 0. The topological polar surface area (TPSA) is 53.6 Å². The van der Waals surface area contributed by atoms with E-state index in [0.29, 0.717) is 12.1 Å². The summed E-state index contributed by atoms with van der Waals surface area (Å²) in [6.07, 6.45) is 4.62. The molecular formula is C14H15FN4. The van der Waals surface area contributed by atoms with Gasteiger partial charge in [-0.3, -0.25) is 4.68 Å². The zero-order chi connectivity index (χ0) is 13.7. The molecular weight excluding hydrogens is 243 g/mol. The number of rotatable bonds is 5. The summed E-state index contributed by atoms with van der Waals surface area (Å²) < 4.78 is 15.5. The monoisotopic (exact) mass is 258 g/mol. The number of hydrogen-bond donors (Lipinski definition) is 1. The van der Waals surface area contributed by atoms with Gasteiger partial charge in [0.2, 0.25) is 0 Å². The number of halogens is 1. The largest absolute Gasteiger partial charge is 0.312 e. The number of nitriles is 1. The molecule has 1 heterocycles. The van der Waals surface area contributed by atoms with E-state index in [9.17, 15) is 4.39 Å². The summed E-state index contributed by atoms with van der Waals surface area (Å²) in [7, 11) is 1.87. The van der Waals surface area contributed by atoms with Gasteiger partial charge in [0.15, 0.2) is 0 Å². The minimum absolute atomic E-state index is 0.0894. The van der Waals surface area contributed by atoms with Crippen LogP contribution in [0.5, 0.6) is 0 Å². The smallest absolute Gasteiger partial charge is 0.145 e. The van der Waals surface area contributed by atoms with Crippen LogP contribution in [-0.2, 0) is 20.0 Å². The van der Waals surface area contributed by atoms with Gasteiger partial charge in [-0.1, -0.05) is 12.1 Å². The summed E-state index contributed by atoms with van der Waals surface area (Å²) in [6, 6.07) is 6.70. The zero-order valence-corrected chi connectivity index (χ0v) is 10.7. The molecule has 0 saturated heterocycles. The molecule has 0 radical (unpaired) electrons. The Morgan fingerprint density at radius 3 is 3.00 bits per heavy atom. The van der Waals surface area contributed by atoms with Gasteiger partial charge in [0, 0.05) is 25.4 Å². The van der Waals surface area contributed by atoms with Gasteiger partial charge in [0.05, 0.1) is 11.8 Å². The van der Waals surface area contributed by atoms with E-state index in [4.69, 9.17) is 5.26 Å². The maximum Gasteiger partial charge on any atom is 0.145 e. The van der Waals surface area contributed by atoms with E-state index in [1.807, 2.05) is 25.5 Å². The second-order valence-electron chi connectivity index (χ2n) is 4.34. The fraction of sp³-hybridized carbons (Fsp3) is 0.286. The minimum atomic E-state index is -0.432. The van der Waals surface area contributed by atoms with Crippen molar-refractivity contribution in [1.29, 1.82) is 5.26 Å². The van der Waals surface area contributed by atoms with Crippen molar-refractivity contribution in [2.45, 2.75) is 13.0 Å². The molecule has 2 aromatic rings. The standard InChI is InChI=1S/C14H15FN4/c1-19-10-11(8-18-19)5-6-17-9-13-4-2-3-12(7-16)14(13)15/h2-4,8,10,17H,5-6,9H2,1H3. The lowest BCUT2D eigenvalue weighted by Gasteiger charge is -2.06. The van der Waals surface area contributed by atoms with E-state index in [1.165, 1.54) is 6.07 Å². The molecule has 1 N–H and O–H groups in total. The maximum absolute atomic E-state index is 13.8. The SMILES string of the molecule is Cn1cc(CCNCc2cccc(C#N)c2F)cn1. The van der Waals surface area contributed by atoms with Gasteiger partial charge in [-0.05, 0) is 24.6 Å². The van der Waals surface area contributed by atoms with Crippen molar-refractivity contribution in [3.8, 4) is 6.07 Å². The molecule has 0 saturated carbocycles. The molecule has 98 valence electrons. The second-order valence-corrected chi connectivity index (χ2v) is 4.34. The fourth-order valence-electron chi connectivity index (χ4n) is 1.86. The molecule has 0 aliphatic carbocycles. The Bertz CT molecular complexity index is 598. The van der Waals surface area contributed by atoms with Gasteiger partial charge in [0.1, 0.15) is 11.9 Å². The predicted octanol–water partition coefficient (Wildman–Crippen LogP) is 1.76. The summed E-state index contributed by atoms with van der Waals surface area (Å²) in [5, 5.41) is 16.0. The van der Waals surface area contributed by atoms with Crippen molar-refractivity contribution >= 4 is 0 Å². The number of hydrogen-bond acceptors (Lipinski definition) is 3. The highest BCUT2D eigenvalue weighted by Crippen LogP contribution is 2.11. The number of nitrogens with zero attached hydrogens (tertiary/aromatic N) is 3. The van der Waals surface area contributed by atoms with Crippen LogP contribution >= 0.6 is 0 Å². The fourth-order valence-corrected chi connectivity index (χ4v) is 1.86. The van der Waals surface area contributed by atoms with Crippen molar-refractivity contribution in [3.05, 3.63) is 53.1 Å². The average Bonchev–Trinajstić information content (AvgIpc) is 2.82. The Labute approximate surface area is 111 Å². The average molecular weight is 258 g/mol. The van der Waals surface area contributed by atoms with Crippen LogP contribution in [-0.4, -0.2) is 16.3 Å². The summed E-state index contributed by atoms with van der Waals surface area (Å²) in [5.74, 6) is -0.432. The molecule has 0 bridgehead atoms. The molecule has 0 aliphatic heterocycles. The minimum Gasteiger partial charge on any atom is -0.312 e. The number of aryl methyl sites for hydroxylation is 1. The van der Waals surface area contributed by atoms with Crippen molar-refractivity contribution < 1.29 is 4.39 Å². The highest BCUT2D eigenvalue weighted by atomic mass is 19.1. The predicted molar refractivity (Wildman–Crippen MR) is 69.7 cm³/mol. The Kier molecular flexibility index (Phi) is 4.26. The van der Waals surface area contributed by atoms with E-state index in [2.05, 4.69) is 10.4 Å². The summed E-state index contributed by atoms with van der Waals surface area (Å²) in [5.41, 5.74) is 1.75. The number of aromatic nitrogens is 2. The van der Waals surface area contributed by atoms with Crippen LogP contribution in [0.15, 0.2) is 30.6 Å². The second kappa shape index (κ2) is 6.12. The zero-order valence-electron chi connectivity index (χ0n) is 10.7. The third kappa shape index (κ3) is 3.39. The third-order valence-electron chi connectivity index (χ3n) is 2.86. The van der Waals surface area contributed by atoms with Gasteiger partial charge in [0.25, 0.3) is 0 Å². The van der Waals surface area contributed by atoms with E-state index in [0.717, 1.165) is 18.5 Å². The quantitative estimate of drug-likeness (QED) is 0.831. The first-order valence-electron chi connectivity index (χ1n) is 6.06. The lowest BCUT2D eigenvalue weighted by atomic mass is 10.1. The molecule has 0 spiro atoms. The highest BCUT2D eigenvalue weighted by molar-refractivity contribution is 5.34. The molecule has 2 rings (SSSR count). The van der Waals surface area contributed by atoms with Crippen LogP contribution in [0, 0.1) is 17.1 Å². The lowest BCUT2D eigenvalue weighted by Crippen LogP contribution is -2.17. The van der Waals surface area contributed by atoms with Gasteiger partial charge >= 0.3 is 0 Å². The molecule has 0 amide bonds. The van der Waals surface area contributed by atoms with Gasteiger partial charge in [-0.2, -0.15) is 10.4 Å². The van der Waals surface area contributed by atoms with Crippen LogP contribution in [0.2, 0.25) is 0 Å². The van der Waals surface area contributed by atoms with Crippen LogP contribution < -0.4 is 5.32 Å². The first-order chi connectivity index (χ1) is 9.20. The third-order valence-corrected chi connectivity index (χ3v) is 2.86. The molecule has 0 atom stereocenters. The Hall–Kier alpha value is -2.19. The van der Waals surface area contributed by atoms with E-state index in [1.54, 1.807) is 16.8 Å². The molecule has 5 heteroatoms. The number of benzene rings is 1. The Balaban J connectivity index is 1.85. The molecule has 0 aliphatic rings. The van der Waals surface area contributed by atoms with Crippen molar-refractivity contribution in [2.75, 3.05) is 6.54 Å². The van der Waals surface area contributed by atoms with Crippen molar-refractivity contribution in [1.82, 2.24) is 15.1 Å². The lowest BCUT2D eigenvalue weighted by molar-refractivity contribution is 0.585. The Morgan fingerprint density at radius 1 is 1.47 bits per heavy atom. The van der Waals surface area contributed by atoms with Crippen LogP contribution in [0.4, 0.5) is 4.39 Å². The molecule has 0 fully saturated rings. The van der Waals surface area contributed by atoms with E-state index in [-0.39, 0.29) is 5.56 Å². The molecule has 0 unspecified atom stereocenters. The van der Waals surface area contributed by atoms with Crippen LogP contribution in [0.3, 0.4) is 0 Å². The van der Waals surface area contributed by atoms with E-state index < -0.39 is 5.82 Å². The van der Waals surface area contributed by atoms with E-state index >= 15 is 0 Å². The molecule has 1 aromatic heterocycles. The maximum atomic E-state index is 13.8. The molecule has 19 heavy (non-hydrogen) atoms. The van der Waals surface area contributed by atoms with Crippen molar-refractivity contribution in [3.63, 3.8) is 0 Å². The van der Waals surface area contributed by atoms with Crippen molar-refractivity contribution in [2.24, 2.45) is 7.05 Å². The van der Waals surface area contributed by atoms with Gasteiger partial charge < -0.3 is 5.32 Å². The summed E-state index contributed by atoms with van der Waals surface area (Å²) in [4.78, 5) is 0. The number of nitrogens with one attached hydrogen (secondary N) is 1. The first-order valence-corrected chi connectivity index (χ1v) is 6.06. The van der Waals surface area contributed by atoms with Gasteiger partial charge in [-0.15, -0.1) is 0 Å².